The number of H-pyrrole nitrogens is 1. The van der Waals surface area contributed by atoms with Crippen molar-refractivity contribution in [3.05, 3.63) is 64.3 Å². The number of benzene rings is 2. The van der Waals surface area contributed by atoms with E-state index < -0.39 is 0 Å². The average molecular weight is 470 g/mol. The van der Waals surface area contributed by atoms with Gasteiger partial charge in [0.1, 0.15) is 12.4 Å². The fourth-order valence-electron chi connectivity index (χ4n) is 5.48. The zero-order chi connectivity index (χ0) is 23.2. The number of fused-ring (bicyclic) bond motifs is 4. The molecule has 2 aromatic carbocycles. The first-order chi connectivity index (χ1) is 16.0. The summed E-state index contributed by atoms with van der Waals surface area (Å²) >= 11 is 6.23. The predicted octanol–water partition coefficient (Wildman–Crippen LogP) is 3.11. The van der Waals surface area contributed by atoms with Gasteiger partial charge in [-0.1, -0.05) is 23.7 Å². The molecule has 1 amide bonds. The van der Waals surface area contributed by atoms with Crippen LogP contribution in [0.1, 0.15) is 22.9 Å². The van der Waals surface area contributed by atoms with E-state index in [0.29, 0.717) is 24.7 Å². The summed E-state index contributed by atoms with van der Waals surface area (Å²) in [6.07, 6.45) is 0. The molecule has 8 heteroatoms. The molecule has 1 spiro atoms. The fourth-order valence-corrected chi connectivity index (χ4v) is 5.70. The number of methoxy groups -OCH3 is 2. The third-order valence-electron chi connectivity index (χ3n) is 6.90. The molecule has 0 radical (unpaired) electrons. The van der Waals surface area contributed by atoms with E-state index >= 15 is 0 Å². The van der Waals surface area contributed by atoms with E-state index in [1.807, 2.05) is 41.3 Å². The normalized spacial score (nSPS) is 19.5. The zero-order valence-corrected chi connectivity index (χ0v) is 19.6. The summed E-state index contributed by atoms with van der Waals surface area (Å²) in [5.74, 6) is 0.772. The van der Waals surface area contributed by atoms with E-state index in [4.69, 9.17) is 21.1 Å². The van der Waals surface area contributed by atoms with Crippen LogP contribution in [0.4, 0.5) is 0 Å². The highest BCUT2D eigenvalue weighted by atomic mass is 35.5. The lowest BCUT2D eigenvalue weighted by atomic mass is 9.68. The van der Waals surface area contributed by atoms with Gasteiger partial charge in [-0.25, -0.2) is 0 Å². The molecule has 2 N–H and O–H groups in total. The first-order valence-electron chi connectivity index (χ1n) is 11.0. The average Bonchev–Trinajstić information content (AvgIpc) is 3.16. The molecule has 7 nitrogen and oxygen atoms in total. The second-order valence-electron chi connectivity index (χ2n) is 9.02. The van der Waals surface area contributed by atoms with Gasteiger partial charge in [-0.3, -0.25) is 9.69 Å². The summed E-state index contributed by atoms with van der Waals surface area (Å²) in [5.41, 5.74) is 4.04. The smallest absolute Gasteiger partial charge is 0.248 e. The van der Waals surface area contributed by atoms with Crippen molar-refractivity contribution in [2.45, 2.75) is 18.0 Å². The van der Waals surface area contributed by atoms with Gasteiger partial charge in [0, 0.05) is 66.4 Å². The van der Waals surface area contributed by atoms with Crippen LogP contribution in [-0.2, 0) is 21.5 Å². The van der Waals surface area contributed by atoms with E-state index in [1.165, 1.54) is 12.7 Å². The van der Waals surface area contributed by atoms with Crippen LogP contribution in [0.15, 0.2) is 42.5 Å². The molecule has 2 aliphatic rings. The van der Waals surface area contributed by atoms with Crippen molar-refractivity contribution in [1.82, 2.24) is 14.8 Å². The lowest BCUT2D eigenvalue weighted by Gasteiger charge is -2.56. The lowest BCUT2D eigenvalue weighted by molar-refractivity contribution is -0.144. The number of nitrogens with zero attached hydrogens (tertiary/aromatic N) is 2. The Bertz CT molecular complexity index is 1190. The van der Waals surface area contributed by atoms with Crippen LogP contribution in [0.5, 0.6) is 5.75 Å². The van der Waals surface area contributed by atoms with Gasteiger partial charge < -0.3 is 24.5 Å². The third-order valence-corrected chi connectivity index (χ3v) is 7.14. The zero-order valence-electron chi connectivity index (χ0n) is 18.8. The van der Waals surface area contributed by atoms with E-state index in [1.54, 1.807) is 7.11 Å². The van der Waals surface area contributed by atoms with Crippen LogP contribution < -0.4 is 4.74 Å². The summed E-state index contributed by atoms with van der Waals surface area (Å²) in [4.78, 5) is 20.2. The molecular formula is C25H28ClN3O4. The first-order valence-corrected chi connectivity index (χ1v) is 11.4. The number of carbonyl (C=O) groups excluding carboxylic acids is 1. The summed E-state index contributed by atoms with van der Waals surface area (Å²) in [7, 11) is 3.19. The van der Waals surface area contributed by atoms with Crippen LogP contribution >= 0.6 is 11.6 Å². The number of likely N-dealkylation sites (tertiary alicyclic amines) is 1. The number of hydrogen-bond donors (Lipinski definition) is 2. The van der Waals surface area contributed by atoms with Crippen molar-refractivity contribution in [3.63, 3.8) is 0 Å². The van der Waals surface area contributed by atoms with Gasteiger partial charge in [0.15, 0.2) is 0 Å². The van der Waals surface area contributed by atoms with Crippen LogP contribution in [0.3, 0.4) is 0 Å². The number of aliphatic hydroxyl groups excluding tert-OH is 1. The maximum Gasteiger partial charge on any atom is 0.248 e. The Morgan fingerprint density at radius 2 is 2.03 bits per heavy atom. The van der Waals surface area contributed by atoms with E-state index in [0.717, 1.165) is 34.5 Å². The van der Waals surface area contributed by atoms with Crippen molar-refractivity contribution < 1.29 is 19.4 Å². The number of aliphatic hydroxyl groups is 1. The third kappa shape index (κ3) is 3.79. The van der Waals surface area contributed by atoms with Gasteiger partial charge in [-0.2, -0.15) is 0 Å². The molecule has 0 aliphatic carbocycles. The van der Waals surface area contributed by atoms with Crippen LogP contribution in [0, 0.1) is 0 Å². The molecule has 2 aliphatic heterocycles. The summed E-state index contributed by atoms with van der Waals surface area (Å²) in [5, 5.41) is 12.3. The standard InChI is InChI=1S/C25H28ClN3O4/c1-32-12-22(31)29-14-25(15-29)13-28(10-16-4-3-5-17(26)8-16)21(11-30)24-23(25)19-7-6-18(33-2)9-20(19)27-24/h3-9,21,27,30H,10-15H2,1-2H3/t21-/m1/s1. The van der Waals surface area contributed by atoms with Crippen molar-refractivity contribution in [2.24, 2.45) is 0 Å². The second-order valence-corrected chi connectivity index (χ2v) is 9.46. The monoisotopic (exact) mass is 469 g/mol. The van der Waals surface area contributed by atoms with Crippen molar-refractivity contribution in [3.8, 4) is 5.75 Å². The van der Waals surface area contributed by atoms with Gasteiger partial charge in [0.2, 0.25) is 5.91 Å². The Balaban J connectivity index is 1.57. The molecule has 33 heavy (non-hydrogen) atoms. The highest BCUT2D eigenvalue weighted by Crippen LogP contribution is 2.49. The van der Waals surface area contributed by atoms with Gasteiger partial charge in [-0.15, -0.1) is 0 Å². The summed E-state index contributed by atoms with van der Waals surface area (Å²) in [6.45, 7) is 2.68. The quantitative estimate of drug-likeness (QED) is 0.580. The van der Waals surface area contributed by atoms with Crippen molar-refractivity contribution >= 4 is 28.4 Å². The summed E-state index contributed by atoms with van der Waals surface area (Å²) < 4.78 is 10.5. The van der Waals surface area contributed by atoms with Crippen LogP contribution in [0.25, 0.3) is 10.9 Å². The number of rotatable bonds is 6. The first kappa shape index (κ1) is 22.2. The van der Waals surface area contributed by atoms with Gasteiger partial charge in [0.25, 0.3) is 0 Å². The van der Waals surface area contributed by atoms with Crippen LogP contribution in [0.2, 0.25) is 5.02 Å². The van der Waals surface area contributed by atoms with E-state index in [-0.39, 0.29) is 30.6 Å². The number of amides is 1. The molecule has 1 aromatic heterocycles. The molecule has 5 rings (SSSR count). The Hall–Kier alpha value is -2.58. The predicted molar refractivity (Wildman–Crippen MR) is 127 cm³/mol. The number of carbonyl (C=O) groups is 1. The highest BCUT2D eigenvalue weighted by molar-refractivity contribution is 6.30. The molecule has 3 heterocycles. The van der Waals surface area contributed by atoms with E-state index in [2.05, 4.69) is 16.0 Å². The minimum absolute atomic E-state index is 0.00291. The maximum atomic E-state index is 12.5. The van der Waals surface area contributed by atoms with Crippen molar-refractivity contribution in [2.75, 3.05) is 47.1 Å². The highest BCUT2D eigenvalue weighted by Gasteiger charge is 2.53. The molecule has 0 unspecified atom stereocenters. The summed E-state index contributed by atoms with van der Waals surface area (Å²) in [6, 6.07) is 13.7. The van der Waals surface area contributed by atoms with E-state index in [9.17, 15) is 9.90 Å². The second kappa shape index (κ2) is 8.65. The van der Waals surface area contributed by atoms with Crippen LogP contribution in [-0.4, -0.2) is 72.9 Å². The SMILES string of the molecule is COCC(=O)N1CC2(C1)CN(Cc1cccc(Cl)c1)[C@H](CO)c1[nH]c3cc(OC)ccc3c12. The fraction of sp³-hybridized carbons (Fsp3) is 0.400. The number of aromatic amines is 1. The Morgan fingerprint density at radius 1 is 1.21 bits per heavy atom. The minimum atomic E-state index is -0.226. The van der Waals surface area contributed by atoms with Gasteiger partial charge in [-0.05, 0) is 35.4 Å². The number of hydrogen-bond acceptors (Lipinski definition) is 5. The number of aromatic nitrogens is 1. The number of ether oxygens (including phenoxy) is 2. The molecule has 1 fully saturated rings. The molecular weight excluding hydrogens is 442 g/mol. The molecule has 3 aromatic rings. The molecule has 1 saturated heterocycles. The van der Waals surface area contributed by atoms with Gasteiger partial charge in [0.05, 0.1) is 19.8 Å². The molecule has 1 atom stereocenters. The largest absolute Gasteiger partial charge is 0.497 e. The maximum absolute atomic E-state index is 12.5. The number of halogens is 1. The van der Waals surface area contributed by atoms with Crippen molar-refractivity contribution in [1.29, 1.82) is 0 Å². The lowest BCUT2D eigenvalue weighted by Crippen LogP contribution is -2.67. The minimum Gasteiger partial charge on any atom is -0.497 e. The topological polar surface area (TPSA) is 78.0 Å². The molecule has 0 saturated carbocycles. The Labute approximate surface area is 197 Å². The number of nitrogens with one attached hydrogen (secondary N) is 1. The molecule has 174 valence electrons. The van der Waals surface area contributed by atoms with Gasteiger partial charge >= 0.3 is 0 Å². The Kier molecular flexibility index (Phi) is 5.82. The molecule has 0 bridgehead atoms. The Morgan fingerprint density at radius 3 is 2.73 bits per heavy atom.